The Labute approximate surface area is 137 Å². The molecular formula is C17H17BrN2S. The van der Waals surface area contributed by atoms with Crippen molar-refractivity contribution in [2.24, 2.45) is 0 Å². The number of nitrogens with one attached hydrogen (secondary N) is 1. The Balaban J connectivity index is 2.12. The normalized spacial score (nSPS) is 12.7. The van der Waals surface area contributed by atoms with Crippen LogP contribution in [0.1, 0.15) is 29.8 Å². The predicted molar refractivity (Wildman–Crippen MR) is 93.9 cm³/mol. The number of fused-ring (bicyclic) bond motifs is 1. The highest BCUT2D eigenvalue weighted by atomic mass is 79.9. The zero-order valence-corrected chi connectivity index (χ0v) is 14.2. The number of halogens is 1. The van der Waals surface area contributed by atoms with Crippen LogP contribution in [0.2, 0.25) is 0 Å². The van der Waals surface area contributed by atoms with E-state index in [0.29, 0.717) is 0 Å². The van der Waals surface area contributed by atoms with Crippen molar-refractivity contribution < 1.29 is 0 Å². The Morgan fingerprint density at radius 1 is 1.24 bits per heavy atom. The third kappa shape index (κ3) is 3.03. The van der Waals surface area contributed by atoms with Crippen LogP contribution in [0, 0.1) is 0 Å². The second-order valence-electron chi connectivity index (χ2n) is 4.94. The number of aromatic nitrogens is 1. The SMILES string of the molecule is CCCNC(c1sccc1Br)c1cccc2ncccc12. The average molecular weight is 361 g/mol. The highest BCUT2D eigenvalue weighted by Crippen LogP contribution is 2.35. The molecule has 0 fully saturated rings. The summed E-state index contributed by atoms with van der Waals surface area (Å²) in [4.78, 5) is 5.79. The molecule has 0 bridgehead atoms. The van der Waals surface area contributed by atoms with E-state index in [1.54, 1.807) is 11.3 Å². The molecule has 2 aromatic heterocycles. The molecule has 0 aliphatic carbocycles. The Morgan fingerprint density at radius 3 is 2.90 bits per heavy atom. The maximum absolute atomic E-state index is 4.47. The van der Waals surface area contributed by atoms with Crippen LogP contribution >= 0.6 is 27.3 Å². The molecule has 1 unspecified atom stereocenters. The summed E-state index contributed by atoms with van der Waals surface area (Å²) in [6, 6.07) is 12.8. The minimum absolute atomic E-state index is 0.201. The standard InChI is InChI=1S/C17H17BrN2S/c1-2-9-20-16(17-14(18)8-11-21-17)13-5-3-7-15-12(13)6-4-10-19-15/h3-8,10-11,16,20H,2,9H2,1H3. The van der Waals surface area contributed by atoms with E-state index in [9.17, 15) is 0 Å². The van der Waals surface area contributed by atoms with Crippen LogP contribution in [0.3, 0.4) is 0 Å². The molecule has 1 atom stereocenters. The van der Waals surface area contributed by atoms with Gasteiger partial charge in [-0.05, 0) is 58.0 Å². The first kappa shape index (κ1) is 14.7. The molecule has 0 saturated carbocycles. The first-order valence-corrected chi connectivity index (χ1v) is 8.78. The fourth-order valence-corrected chi connectivity index (χ4v) is 4.22. The fourth-order valence-electron chi connectivity index (χ4n) is 2.52. The summed E-state index contributed by atoms with van der Waals surface area (Å²) in [5, 5.41) is 7.02. The fraction of sp³-hybridized carbons (Fsp3) is 0.235. The van der Waals surface area contributed by atoms with Crippen LogP contribution in [-0.2, 0) is 0 Å². The summed E-state index contributed by atoms with van der Waals surface area (Å²) in [7, 11) is 0. The van der Waals surface area contributed by atoms with E-state index in [1.165, 1.54) is 20.3 Å². The first-order chi connectivity index (χ1) is 10.3. The highest BCUT2D eigenvalue weighted by Gasteiger charge is 2.19. The predicted octanol–water partition coefficient (Wildman–Crippen LogP) is 5.15. The Kier molecular flexibility index (Phi) is 4.68. The summed E-state index contributed by atoms with van der Waals surface area (Å²) in [6.07, 6.45) is 2.96. The number of pyridine rings is 1. The molecular weight excluding hydrogens is 344 g/mol. The summed E-state index contributed by atoms with van der Waals surface area (Å²) >= 11 is 5.46. The minimum Gasteiger partial charge on any atom is -0.306 e. The van der Waals surface area contributed by atoms with Crippen molar-refractivity contribution in [3.63, 3.8) is 0 Å². The van der Waals surface area contributed by atoms with Crippen molar-refractivity contribution >= 4 is 38.2 Å². The molecule has 108 valence electrons. The molecule has 0 aliphatic rings. The smallest absolute Gasteiger partial charge is 0.0705 e. The van der Waals surface area contributed by atoms with Crippen molar-refractivity contribution in [2.75, 3.05) is 6.54 Å². The maximum atomic E-state index is 4.47. The van der Waals surface area contributed by atoms with Gasteiger partial charge in [-0.1, -0.05) is 25.1 Å². The Hall–Kier alpha value is -1.23. The van der Waals surface area contributed by atoms with Gasteiger partial charge in [-0.3, -0.25) is 4.98 Å². The molecule has 2 nitrogen and oxygen atoms in total. The van der Waals surface area contributed by atoms with Gasteiger partial charge in [0.25, 0.3) is 0 Å². The molecule has 0 aliphatic heterocycles. The van der Waals surface area contributed by atoms with Crippen LogP contribution in [0.5, 0.6) is 0 Å². The Bertz CT molecular complexity index is 733. The molecule has 0 saturated heterocycles. The molecule has 4 heteroatoms. The lowest BCUT2D eigenvalue weighted by molar-refractivity contribution is 0.607. The molecule has 2 heterocycles. The number of hydrogen-bond acceptors (Lipinski definition) is 3. The number of rotatable bonds is 5. The third-order valence-electron chi connectivity index (χ3n) is 3.50. The van der Waals surface area contributed by atoms with E-state index in [1.807, 2.05) is 12.3 Å². The van der Waals surface area contributed by atoms with Gasteiger partial charge in [0.2, 0.25) is 0 Å². The van der Waals surface area contributed by atoms with Crippen LogP contribution in [0.4, 0.5) is 0 Å². The summed E-state index contributed by atoms with van der Waals surface area (Å²) in [5.74, 6) is 0. The van der Waals surface area contributed by atoms with Gasteiger partial charge in [-0.15, -0.1) is 11.3 Å². The van der Waals surface area contributed by atoms with Gasteiger partial charge < -0.3 is 5.32 Å². The minimum atomic E-state index is 0.201. The highest BCUT2D eigenvalue weighted by molar-refractivity contribution is 9.10. The van der Waals surface area contributed by atoms with Gasteiger partial charge in [0.1, 0.15) is 0 Å². The zero-order chi connectivity index (χ0) is 14.7. The van der Waals surface area contributed by atoms with E-state index < -0.39 is 0 Å². The lowest BCUT2D eigenvalue weighted by Crippen LogP contribution is -2.23. The summed E-state index contributed by atoms with van der Waals surface area (Å²) in [5.41, 5.74) is 2.34. The van der Waals surface area contributed by atoms with Gasteiger partial charge in [0.15, 0.2) is 0 Å². The lowest BCUT2D eigenvalue weighted by Gasteiger charge is -2.20. The van der Waals surface area contributed by atoms with E-state index in [-0.39, 0.29) is 6.04 Å². The Morgan fingerprint density at radius 2 is 2.14 bits per heavy atom. The summed E-state index contributed by atoms with van der Waals surface area (Å²) in [6.45, 7) is 3.18. The van der Waals surface area contributed by atoms with Crippen LogP contribution in [0.15, 0.2) is 52.4 Å². The topological polar surface area (TPSA) is 24.9 Å². The average Bonchev–Trinajstić information content (AvgIpc) is 2.94. The molecule has 0 radical (unpaired) electrons. The number of benzene rings is 1. The second-order valence-corrected chi connectivity index (χ2v) is 6.74. The summed E-state index contributed by atoms with van der Waals surface area (Å²) < 4.78 is 1.17. The van der Waals surface area contributed by atoms with Gasteiger partial charge >= 0.3 is 0 Å². The number of nitrogens with zero attached hydrogens (tertiary/aromatic N) is 1. The third-order valence-corrected chi connectivity index (χ3v) is 5.43. The zero-order valence-electron chi connectivity index (χ0n) is 11.8. The molecule has 3 rings (SSSR count). The van der Waals surface area contributed by atoms with Crippen molar-refractivity contribution in [1.82, 2.24) is 10.3 Å². The van der Waals surface area contributed by atoms with Gasteiger partial charge in [-0.2, -0.15) is 0 Å². The van der Waals surface area contributed by atoms with Crippen LogP contribution < -0.4 is 5.32 Å². The number of thiophene rings is 1. The molecule has 3 aromatic rings. The van der Waals surface area contributed by atoms with Gasteiger partial charge in [0, 0.05) is 20.9 Å². The van der Waals surface area contributed by atoms with E-state index in [2.05, 4.69) is 68.9 Å². The maximum Gasteiger partial charge on any atom is 0.0705 e. The molecule has 1 N–H and O–H groups in total. The number of hydrogen-bond donors (Lipinski definition) is 1. The first-order valence-electron chi connectivity index (χ1n) is 7.11. The van der Waals surface area contributed by atoms with E-state index in [0.717, 1.165) is 18.5 Å². The van der Waals surface area contributed by atoms with Crippen molar-refractivity contribution in [3.05, 3.63) is 62.9 Å². The second kappa shape index (κ2) is 6.69. The van der Waals surface area contributed by atoms with Crippen molar-refractivity contribution in [3.8, 4) is 0 Å². The lowest BCUT2D eigenvalue weighted by atomic mass is 10.00. The van der Waals surface area contributed by atoms with Crippen molar-refractivity contribution in [2.45, 2.75) is 19.4 Å². The largest absolute Gasteiger partial charge is 0.306 e. The monoisotopic (exact) mass is 360 g/mol. The van der Waals surface area contributed by atoms with E-state index in [4.69, 9.17) is 0 Å². The molecule has 0 amide bonds. The van der Waals surface area contributed by atoms with Crippen molar-refractivity contribution in [1.29, 1.82) is 0 Å². The van der Waals surface area contributed by atoms with Crippen LogP contribution in [-0.4, -0.2) is 11.5 Å². The van der Waals surface area contributed by atoms with Gasteiger partial charge in [0.05, 0.1) is 11.6 Å². The van der Waals surface area contributed by atoms with E-state index >= 15 is 0 Å². The van der Waals surface area contributed by atoms with Gasteiger partial charge in [-0.25, -0.2) is 0 Å². The molecule has 21 heavy (non-hydrogen) atoms. The van der Waals surface area contributed by atoms with Crippen LogP contribution in [0.25, 0.3) is 10.9 Å². The molecule has 0 spiro atoms. The molecule has 1 aromatic carbocycles. The quantitative estimate of drug-likeness (QED) is 0.680.